The Labute approximate surface area is 98.0 Å². The molecule has 0 fully saturated rings. The molecule has 0 saturated carbocycles. The summed E-state index contributed by atoms with van der Waals surface area (Å²) in [7, 11) is 1.87. The Bertz CT molecular complexity index is 563. The first kappa shape index (κ1) is 10.6. The van der Waals surface area contributed by atoms with Gasteiger partial charge in [-0.25, -0.2) is 9.55 Å². The third kappa shape index (κ3) is 2.01. The molecule has 0 aliphatic rings. The Kier molecular flexibility index (Phi) is 2.82. The highest BCUT2D eigenvalue weighted by Crippen LogP contribution is 2.10. The van der Waals surface area contributed by atoms with E-state index in [1.165, 1.54) is 0 Å². The normalized spacial score (nSPS) is 10.1. The fourth-order valence-corrected chi connectivity index (χ4v) is 1.46. The van der Waals surface area contributed by atoms with Crippen molar-refractivity contribution in [1.82, 2.24) is 9.97 Å². The first-order chi connectivity index (χ1) is 7.68. The number of hydrogen-bond donors (Lipinski definition) is 3. The summed E-state index contributed by atoms with van der Waals surface area (Å²) in [5.74, 6) is 2.10. The lowest BCUT2D eigenvalue weighted by atomic mass is 10.4. The quantitative estimate of drug-likeness (QED) is 0.541. The summed E-state index contributed by atoms with van der Waals surface area (Å²) in [4.78, 5) is 7.05. The maximum absolute atomic E-state index is 5.78. The molecular weight excluding hydrogens is 222 g/mol. The summed E-state index contributed by atoms with van der Waals surface area (Å²) in [5, 5.41) is 3.12. The van der Waals surface area contributed by atoms with Gasteiger partial charge in [0.05, 0.1) is 7.05 Å². The van der Waals surface area contributed by atoms with Crippen molar-refractivity contribution < 1.29 is 4.57 Å². The number of H-pyrrole nitrogens is 1. The SMILES string of the molecule is C[n+]1c(N)cccc1Nc1ncc[nH]c1=S. The molecule has 0 bridgehead atoms. The number of rotatable bonds is 2. The molecule has 2 aromatic rings. The minimum atomic E-state index is 0.560. The molecule has 6 heteroatoms. The zero-order valence-electron chi connectivity index (χ0n) is 8.77. The molecule has 0 aromatic carbocycles. The fraction of sp³-hybridized carbons (Fsp3) is 0.100. The minimum absolute atomic E-state index is 0.560. The Morgan fingerprint density at radius 2 is 2.31 bits per heavy atom. The standard InChI is InChI=1S/C10H11N5S/c1-15-7(11)3-2-4-8(15)14-9-10(16)13-6-5-12-9/h2-6H,1H3,(H3,11,12,13,14,16)/p+1. The molecule has 0 unspecified atom stereocenters. The van der Waals surface area contributed by atoms with Crippen LogP contribution in [-0.4, -0.2) is 9.97 Å². The van der Waals surface area contributed by atoms with Crippen molar-refractivity contribution in [3.05, 3.63) is 35.2 Å². The van der Waals surface area contributed by atoms with Crippen LogP contribution in [0.5, 0.6) is 0 Å². The van der Waals surface area contributed by atoms with E-state index in [9.17, 15) is 0 Å². The molecule has 0 aliphatic carbocycles. The van der Waals surface area contributed by atoms with Gasteiger partial charge < -0.3 is 10.7 Å². The third-order valence-corrected chi connectivity index (χ3v) is 2.54. The molecule has 0 saturated heterocycles. The molecule has 2 aromatic heterocycles. The molecule has 0 amide bonds. The molecule has 2 heterocycles. The van der Waals surface area contributed by atoms with E-state index in [2.05, 4.69) is 15.3 Å². The first-order valence-electron chi connectivity index (χ1n) is 4.74. The number of aromatic nitrogens is 3. The highest BCUT2D eigenvalue weighted by Gasteiger charge is 2.08. The second-order valence-corrected chi connectivity index (χ2v) is 3.70. The van der Waals surface area contributed by atoms with Crippen molar-refractivity contribution in [3.8, 4) is 0 Å². The van der Waals surface area contributed by atoms with Gasteiger partial charge in [0, 0.05) is 24.5 Å². The number of pyridine rings is 1. The van der Waals surface area contributed by atoms with Crippen LogP contribution in [-0.2, 0) is 7.05 Å². The van der Waals surface area contributed by atoms with Crippen LogP contribution >= 0.6 is 12.2 Å². The molecule has 0 spiro atoms. The summed E-state index contributed by atoms with van der Waals surface area (Å²) >= 11 is 5.11. The number of nitrogens with zero attached hydrogens (tertiary/aromatic N) is 2. The summed E-state index contributed by atoms with van der Waals surface area (Å²) in [6, 6.07) is 5.59. The smallest absolute Gasteiger partial charge is 0.227 e. The number of nitrogens with one attached hydrogen (secondary N) is 2. The predicted octanol–water partition coefficient (Wildman–Crippen LogP) is 1.29. The van der Waals surface area contributed by atoms with Crippen LogP contribution in [0.1, 0.15) is 0 Å². The van der Waals surface area contributed by atoms with Crippen LogP contribution in [0.15, 0.2) is 30.6 Å². The average molecular weight is 234 g/mol. The van der Waals surface area contributed by atoms with E-state index in [-0.39, 0.29) is 0 Å². The van der Waals surface area contributed by atoms with E-state index in [1.54, 1.807) is 12.4 Å². The lowest BCUT2D eigenvalue weighted by Crippen LogP contribution is -2.35. The van der Waals surface area contributed by atoms with Crippen LogP contribution in [0.4, 0.5) is 17.5 Å². The summed E-state index contributed by atoms with van der Waals surface area (Å²) < 4.78 is 2.38. The van der Waals surface area contributed by atoms with E-state index >= 15 is 0 Å². The number of nitrogen functional groups attached to an aromatic ring is 1. The van der Waals surface area contributed by atoms with Gasteiger partial charge >= 0.3 is 0 Å². The monoisotopic (exact) mass is 234 g/mol. The molecule has 0 aliphatic heterocycles. The van der Waals surface area contributed by atoms with Gasteiger partial charge in [-0.3, -0.25) is 5.32 Å². The van der Waals surface area contributed by atoms with Crippen molar-refractivity contribution in [2.45, 2.75) is 0 Å². The van der Waals surface area contributed by atoms with Gasteiger partial charge in [0.2, 0.25) is 17.5 Å². The average Bonchev–Trinajstić information content (AvgIpc) is 2.28. The van der Waals surface area contributed by atoms with Crippen LogP contribution in [0, 0.1) is 4.64 Å². The maximum Gasteiger partial charge on any atom is 0.227 e. The van der Waals surface area contributed by atoms with Gasteiger partial charge in [0.15, 0.2) is 4.64 Å². The molecule has 0 atom stereocenters. The zero-order chi connectivity index (χ0) is 11.5. The Morgan fingerprint density at radius 3 is 3.06 bits per heavy atom. The largest absolute Gasteiger partial charge is 0.347 e. The summed E-state index contributed by atoms with van der Waals surface area (Å²) in [6.07, 6.45) is 3.33. The van der Waals surface area contributed by atoms with Crippen molar-refractivity contribution in [1.29, 1.82) is 0 Å². The van der Waals surface area contributed by atoms with Crippen LogP contribution in [0.2, 0.25) is 0 Å². The van der Waals surface area contributed by atoms with Gasteiger partial charge in [-0.1, -0.05) is 12.2 Å². The van der Waals surface area contributed by atoms with Gasteiger partial charge in [0.1, 0.15) is 0 Å². The Morgan fingerprint density at radius 1 is 1.50 bits per heavy atom. The summed E-state index contributed by atoms with van der Waals surface area (Å²) in [5.41, 5.74) is 5.78. The van der Waals surface area contributed by atoms with E-state index < -0.39 is 0 Å². The van der Waals surface area contributed by atoms with E-state index in [1.807, 2.05) is 29.8 Å². The summed E-state index contributed by atoms with van der Waals surface area (Å²) in [6.45, 7) is 0. The molecular formula is C10H12N5S+. The van der Waals surface area contributed by atoms with Crippen molar-refractivity contribution in [2.75, 3.05) is 11.1 Å². The number of nitrogens with two attached hydrogens (primary N) is 1. The van der Waals surface area contributed by atoms with E-state index in [4.69, 9.17) is 18.0 Å². The molecule has 4 N–H and O–H groups in total. The highest BCUT2D eigenvalue weighted by atomic mass is 32.1. The van der Waals surface area contributed by atoms with Gasteiger partial charge in [-0.05, 0) is 6.07 Å². The van der Waals surface area contributed by atoms with Crippen LogP contribution in [0.3, 0.4) is 0 Å². The third-order valence-electron chi connectivity index (χ3n) is 2.22. The first-order valence-corrected chi connectivity index (χ1v) is 5.14. The van der Waals surface area contributed by atoms with E-state index in [0.29, 0.717) is 16.3 Å². The molecule has 2 rings (SSSR count). The maximum atomic E-state index is 5.78. The Balaban J connectivity index is 2.38. The molecule has 5 nitrogen and oxygen atoms in total. The molecule has 82 valence electrons. The van der Waals surface area contributed by atoms with E-state index in [0.717, 1.165) is 5.82 Å². The molecule has 16 heavy (non-hydrogen) atoms. The fourth-order valence-electron chi connectivity index (χ4n) is 1.29. The number of hydrogen-bond acceptors (Lipinski definition) is 4. The number of aromatic amines is 1. The van der Waals surface area contributed by atoms with Crippen LogP contribution in [0.25, 0.3) is 0 Å². The lowest BCUT2D eigenvalue weighted by molar-refractivity contribution is -0.642. The number of anilines is 3. The van der Waals surface area contributed by atoms with Crippen molar-refractivity contribution in [3.63, 3.8) is 0 Å². The van der Waals surface area contributed by atoms with Gasteiger partial charge in [0.25, 0.3) is 0 Å². The van der Waals surface area contributed by atoms with Crippen LogP contribution < -0.4 is 15.6 Å². The predicted molar refractivity (Wildman–Crippen MR) is 64.7 cm³/mol. The second kappa shape index (κ2) is 4.28. The van der Waals surface area contributed by atoms with Gasteiger partial charge in [-0.15, -0.1) is 0 Å². The molecule has 0 radical (unpaired) electrons. The lowest BCUT2D eigenvalue weighted by Gasteiger charge is -2.05. The highest BCUT2D eigenvalue weighted by molar-refractivity contribution is 7.71. The van der Waals surface area contributed by atoms with Crippen molar-refractivity contribution in [2.24, 2.45) is 7.05 Å². The topological polar surface area (TPSA) is 70.6 Å². The van der Waals surface area contributed by atoms with Gasteiger partial charge in [-0.2, -0.15) is 0 Å². The van der Waals surface area contributed by atoms with Crippen molar-refractivity contribution >= 4 is 29.7 Å². The second-order valence-electron chi connectivity index (χ2n) is 3.29. The zero-order valence-corrected chi connectivity index (χ0v) is 9.58. The minimum Gasteiger partial charge on any atom is -0.347 e. The Hall–Kier alpha value is -1.95.